The zero-order chi connectivity index (χ0) is 8.81. The Bertz CT molecular complexity index is 264. The summed E-state index contributed by atoms with van der Waals surface area (Å²) in [5, 5.41) is 0. The van der Waals surface area contributed by atoms with Crippen LogP contribution in [0.25, 0.3) is 0 Å². The van der Waals surface area contributed by atoms with Crippen molar-refractivity contribution in [1.29, 1.82) is 0 Å². The quantitative estimate of drug-likeness (QED) is 0.489. The summed E-state index contributed by atoms with van der Waals surface area (Å²) in [5.74, 6) is 0. The van der Waals surface area contributed by atoms with Gasteiger partial charge in [0, 0.05) is 7.05 Å². The Labute approximate surface area is 72.9 Å². The lowest BCUT2D eigenvalue weighted by atomic mass is 10.3. The van der Waals surface area contributed by atoms with E-state index < -0.39 is 0 Å². The van der Waals surface area contributed by atoms with E-state index in [9.17, 15) is 0 Å². The predicted octanol–water partition coefficient (Wildman–Crippen LogP) is 2.42. The summed E-state index contributed by atoms with van der Waals surface area (Å²) in [7, 11) is 1.89. The van der Waals surface area contributed by atoms with Crippen LogP contribution in [0.4, 0.5) is 5.69 Å². The largest absolute Gasteiger partial charge is 0.343 e. The zero-order valence-electron chi connectivity index (χ0n) is 7.14. The average Bonchev–Trinajstić information content (AvgIpc) is 2.16. The first kappa shape index (κ1) is 8.53. The molecule has 0 unspecified atom stereocenters. The maximum Gasteiger partial charge on any atom is 0.0949 e. The maximum atomic E-state index is 4.21. The Kier molecular flexibility index (Phi) is 3.08. The third-order valence-corrected chi connectivity index (χ3v) is 1.43. The minimum atomic E-state index is 0.950. The molecule has 0 atom stereocenters. The average molecular weight is 160 g/mol. The zero-order valence-corrected chi connectivity index (χ0v) is 7.14. The van der Waals surface area contributed by atoms with Gasteiger partial charge in [0.05, 0.1) is 12.0 Å². The Morgan fingerprint density at radius 1 is 1.33 bits per heavy atom. The number of benzene rings is 1. The van der Waals surface area contributed by atoms with E-state index in [0.29, 0.717) is 0 Å². The van der Waals surface area contributed by atoms with E-state index in [1.165, 1.54) is 0 Å². The highest BCUT2D eigenvalue weighted by atomic mass is 15.1. The van der Waals surface area contributed by atoms with Crippen molar-refractivity contribution in [1.82, 2.24) is 4.90 Å². The molecule has 0 spiro atoms. The van der Waals surface area contributed by atoms with Crippen molar-refractivity contribution in [3.8, 4) is 0 Å². The minimum absolute atomic E-state index is 0.950. The molecule has 0 fully saturated rings. The third-order valence-electron chi connectivity index (χ3n) is 1.43. The number of hydrogen-bond acceptors (Lipinski definition) is 1. The van der Waals surface area contributed by atoms with E-state index in [4.69, 9.17) is 0 Å². The summed E-state index contributed by atoms with van der Waals surface area (Å²) in [6.45, 7) is 3.61. The van der Waals surface area contributed by atoms with Crippen LogP contribution in [0, 0.1) is 0 Å². The second kappa shape index (κ2) is 4.34. The van der Waals surface area contributed by atoms with Crippen molar-refractivity contribution in [2.45, 2.75) is 0 Å². The van der Waals surface area contributed by atoms with Gasteiger partial charge in [-0.2, -0.15) is 0 Å². The van der Waals surface area contributed by atoms with Crippen molar-refractivity contribution in [2.75, 3.05) is 7.05 Å². The van der Waals surface area contributed by atoms with Crippen LogP contribution in [-0.4, -0.2) is 18.3 Å². The summed E-state index contributed by atoms with van der Waals surface area (Å²) < 4.78 is 0. The smallest absolute Gasteiger partial charge is 0.0949 e. The van der Waals surface area contributed by atoms with E-state index in [2.05, 4.69) is 11.6 Å². The van der Waals surface area contributed by atoms with Gasteiger partial charge in [-0.1, -0.05) is 24.8 Å². The molecule has 12 heavy (non-hydrogen) atoms. The van der Waals surface area contributed by atoms with Gasteiger partial charge in [-0.05, 0) is 18.3 Å². The van der Waals surface area contributed by atoms with E-state index in [-0.39, 0.29) is 0 Å². The molecule has 0 aliphatic heterocycles. The Balaban J connectivity index is 2.63. The molecule has 1 aromatic rings. The predicted molar refractivity (Wildman–Crippen MR) is 52.6 cm³/mol. The molecule has 0 radical (unpaired) electrons. The Morgan fingerprint density at radius 2 is 2.00 bits per heavy atom. The fourth-order valence-electron chi connectivity index (χ4n) is 0.719. The summed E-state index contributed by atoms with van der Waals surface area (Å²) in [4.78, 5) is 6.01. The van der Waals surface area contributed by atoms with E-state index in [0.717, 1.165) is 5.69 Å². The Morgan fingerprint density at radius 3 is 2.58 bits per heavy atom. The number of hydrogen-bond donors (Lipinski definition) is 0. The van der Waals surface area contributed by atoms with Crippen LogP contribution in [0.1, 0.15) is 0 Å². The molecule has 0 aliphatic rings. The SMILES string of the molecule is C=CN(C)/C=N/c1ccccc1. The minimum Gasteiger partial charge on any atom is -0.343 e. The highest BCUT2D eigenvalue weighted by Gasteiger charge is 1.83. The number of para-hydroxylation sites is 1. The molecule has 62 valence electrons. The summed E-state index contributed by atoms with van der Waals surface area (Å²) >= 11 is 0. The van der Waals surface area contributed by atoms with Crippen molar-refractivity contribution >= 4 is 12.0 Å². The van der Waals surface area contributed by atoms with Crippen LogP contribution in [0.3, 0.4) is 0 Å². The molecule has 0 saturated carbocycles. The van der Waals surface area contributed by atoms with Gasteiger partial charge in [-0.15, -0.1) is 0 Å². The molecule has 0 saturated heterocycles. The highest BCUT2D eigenvalue weighted by Crippen LogP contribution is 2.08. The lowest BCUT2D eigenvalue weighted by Crippen LogP contribution is -2.05. The van der Waals surface area contributed by atoms with E-state index in [1.54, 1.807) is 17.4 Å². The second-order valence-electron chi connectivity index (χ2n) is 2.43. The van der Waals surface area contributed by atoms with E-state index >= 15 is 0 Å². The van der Waals surface area contributed by atoms with Crippen LogP contribution >= 0.6 is 0 Å². The van der Waals surface area contributed by atoms with Crippen LogP contribution < -0.4 is 0 Å². The second-order valence-corrected chi connectivity index (χ2v) is 2.43. The van der Waals surface area contributed by atoms with Crippen molar-refractivity contribution in [2.24, 2.45) is 4.99 Å². The monoisotopic (exact) mass is 160 g/mol. The van der Waals surface area contributed by atoms with Crippen LogP contribution in [0.2, 0.25) is 0 Å². The van der Waals surface area contributed by atoms with Gasteiger partial charge in [-0.25, -0.2) is 4.99 Å². The molecule has 2 nitrogen and oxygen atoms in total. The summed E-state index contributed by atoms with van der Waals surface area (Å²) in [6.07, 6.45) is 3.43. The van der Waals surface area contributed by atoms with Gasteiger partial charge in [0.2, 0.25) is 0 Å². The Hall–Kier alpha value is -1.57. The van der Waals surface area contributed by atoms with Gasteiger partial charge in [0.15, 0.2) is 0 Å². The number of nitrogens with zero attached hydrogens (tertiary/aromatic N) is 2. The maximum absolute atomic E-state index is 4.21. The van der Waals surface area contributed by atoms with Crippen LogP contribution in [0.15, 0.2) is 48.1 Å². The molecular weight excluding hydrogens is 148 g/mol. The molecule has 1 aromatic carbocycles. The molecule has 0 bridgehead atoms. The summed E-state index contributed by atoms with van der Waals surface area (Å²) in [6, 6.07) is 9.79. The van der Waals surface area contributed by atoms with Crippen molar-refractivity contribution in [3.63, 3.8) is 0 Å². The summed E-state index contributed by atoms with van der Waals surface area (Å²) in [5.41, 5.74) is 0.950. The molecular formula is C10H12N2. The lowest BCUT2D eigenvalue weighted by Gasteiger charge is -2.03. The van der Waals surface area contributed by atoms with Crippen molar-refractivity contribution < 1.29 is 0 Å². The first-order valence-electron chi connectivity index (χ1n) is 3.76. The molecule has 2 heteroatoms. The number of aliphatic imine (C=N–C) groups is 1. The topological polar surface area (TPSA) is 15.6 Å². The molecule has 0 N–H and O–H groups in total. The van der Waals surface area contributed by atoms with Gasteiger partial charge >= 0.3 is 0 Å². The van der Waals surface area contributed by atoms with Crippen LogP contribution in [0.5, 0.6) is 0 Å². The number of rotatable bonds is 3. The van der Waals surface area contributed by atoms with Crippen LogP contribution in [-0.2, 0) is 0 Å². The van der Waals surface area contributed by atoms with Gasteiger partial charge in [0.1, 0.15) is 0 Å². The molecule has 0 aliphatic carbocycles. The van der Waals surface area contributed by atoms with Gasteiger partial charge in [0.25, 0.3) is 0 Å². The van der Waals surface area contributed by atoms with E-state index in [1.807, 2.05) is 37.4 Å². The fourth-order valence-corrected chi connectivity index (χ4v) is 0.719. The molecule has 0 amide bonds. The highest BCUT2D eigenvalue weighted by molar-refractivity contribution is 5.61. The lowest BCUT2D eigenvalue weighted by molar-refractivity contribution is 0.713. The standard InChI is InChI=1S/C10H12N2/c1-3-12(2)9-11-10-7-5-4-6-8-10/h3-9H,1H2,2H3/b11-9+. The first-order valence-corrected chi connectivity index (χ1v) is 3.76. The molecule has 0 aromatic heterocycles. The van der Waals surface area contributed by atoms with Crippen molar-refractivity contribution in [3.05, 3.63) is 43.1 Å². The first-order chi connectivity index (χ1) is 5.83. The molecule has 0 heterocycles. The fraction of sp³-hybridized carbons (Fsp3) is 0.100. The normalized spacial score (nSPS) is 10.1. The third kappa shape index (κ3) is 2.58. The molecule has 1 rings (SSSR count). The van der Waals surface area contributed by atoms with Gasteiger partial charge < -0.3 is 4.90 Å². The van der Waals surface area contributed by atoms with Gasteiger partial charge in [-0.3, -0.25) is 0 Å².